The molecule has 1 heterocycles. The van der Waals surface area contributed by atoms with E-state index in [2.05, 4.69) is 26.0 Å². The van der Waals surface area contributed by atoms with Crippen LogP contribution in [0.1, 0.15) is 0 Å². The first-order valence-electron chi connectivity index (χ1n) is 5.96. The van der Waals surface area contributed by atoms with Crippen molar-refractivity contribution < 1.29 is 27.4 Å². The van der Waals surface area contributed by atoms with Gasteiger partial charge in [0.1, 0.15) is 5.75 Å². The lowest BCUT2D eigenvalue weighted by Crippen LogP contribution is -2.37. The van der Waals surface area contributed by atoms with Crippen LogP contribution in [-0.4, -0.2) is 31.5 Å². The summed E-state index contributed by atoms with van der Waals surface area (Å²) in [6.07, 6.45) is -4.78. The second-order valence-electron chi connectivity index (χ2n) is 4.49. The molecule has 1 aromatic carbocycles. The summed E-state index contributed by atoms with van der Waals surface area (Å²) >= 11 is 2.96. The fourth-order valence-corrected chi connectivity index (χ4v) is 2.32. The van der Waals surface area contributed by atoms with Crippen molar-refractivity contribution >= 4 is 27.5 Å². The Morgan fingerprint density at radius 1 is 1.43 bits per heavy atom. The van der Waals surface area contributed by atoms with Gasteiger partial charge in [-0.1, -0.05) is 0 Å². The maximum Gasteiger partial charge on any atom is 0.573 e. The molecule has 116 valence electrons. The quantitative estimate of drug-likeness (QED) is 0.858. The Hall–Kier alpha value is -1.32. The third kappa shape index (κ3) is 4.32. The molecular formula is C12H12BrF3N2O3. The first kappa shape index (κ1) is 16.1. The standard InChI is InChI=1S/C12H12BrF3N2O3/c13-8-3-6(1-2-10(8)21-12(14,15)16)18-11(19)7-4-20-5-9(7)17/h1-3,7,9H,4-5,17H2,(H,18,19). The number of amides is 1. The van der Waals surface area contributed by atoms with E-state index >= 15 is 0 Å². The van der Waals surface area contributed by atoms with Crippen molar-refractivity contribution in [3.8, 4) is 5.75 Å². The average Bonchev–Trinajstić information content (AvgIpc) is 2.77. The van der Waals surface area contributed by atoms with Crippen LogP contribution in [0.3, 0.4) is 0 Å². The first-order valence-corrected chi connectivity index (χ1v) is 6.75. The summed E-state index contributed by atoms with van der Waals surface area (Å²) < 4.78 is 45.4. The predicted molar refractivity (Wildman–Crippen MR) is 71.7 cm³/mol. The summed E-state index contributed by atoms with van der Waals surface area (Å²) in [4.78, 5) is 12.0. The summed E-state index contributed by atoms with van der Waals surface area (Å²) in [5.41, 5.74) is 6.05. The summed E-state index contributed by atoms with van der Waals surface area (Å²) in [6, 6.07) is 3.35. The van der Waals surface area contributed by atoms with Gasteiger partial charge in [-0.05, 0) is 34.1 Å². The number of halogens is 4. The molecule has 5 nitrogen and oxygen atoms in total. The number of nitrogens with two attached hydrogens (primary N) is 1. The third-order valence-electron chi connectivity index (χ3n) is 2.89. The number of rotatable bonds is 3. The van der Waals surface area contributed by atoms with E-state index in [0.29, 0.717) is 12.3 Å². The van der Waals surface area contributed by atoms with Gasteiger partial charge in [0.05, 0.1) is 23.6 Å². The molecule has 0 saturated carbocycles. The number of carbonyl (C=O) groups is 1. The molecule has 0 spiro atoms. The molecule has 1 saturated heterocycles. The molecule has 3 N–H and O–H groups in total. The van der Waals surface area contributed by atoms with Crippen molar-refractivity contribution in [2.75, 3.05) is 18.5 Å². The third-order valence-corrected chi connectivity index (χ3v) is 3.51. The minimum absolute atomic E-state index is 0.0737. The van der Waals surface area contributed by atoms with E-state index in [-0.39, 0.29) is 28.8 Å². The van der Waals surface area contributed by atoms with Crippen LogP contribution in [0, 0.1) is 5.92 Å². The molecule has 21 heavy (non-hydrogen) atoms. The second-order valence-corrected chi connectivity index (χ2v) is 5.34. The van der Waals surface area contributed by atoms with Crippen LogP contribution in [0.25, 0.3) is 0 Å². The van der Waals surface area contributed by atoms with Crippen molar-refractivity contribution in [1.29, 1.82) is 0 Å². The van der Waals surface area contributed by atoms with E-state index in [1.807, 2.05) is 0 Å². The highest BCUT2D eigenvalue weighted by atomic mass is 79.9. The maximum atomic E-state index is 12.1. The molecule has 0 bridgehead atoms. The van der Waals surface area contributed by atoms with Crippen LogP contribution < -0.4 is 15.8 Å². The van der Waals surface area contributed by atoms with Crippen LogP contribution >= 0.6 is 15.9 Å². The molecule has 1 aliphatic heterocycles. The monoisotopic (exact) mass is 368 g/mol. The Bertz CT molecular complexity index is 539. The van der Waals surface area contributed by atoms with Crippen molar-refractivity contribution in [3.63, 3.8) is 0 Å². The zero-order valence-electron chi connectivity index (χ0n) is 10.6. The molecular weight excluding hydrogens is 357 g/mol. The normalized spacial score (nSPS) is 22.1. The SMILES string of the molecule is NC1COCC1C(=O)Nc1ccc(OC(F)(F)F)c(Br)c1. The Morgan fingerprint density at radius 3 is 2.67 bits per heavy atom. The van der Waals surface area contributed by atoms with Gasteiger partial charge in [-0.2, -0.15) is 0 Å². The lowest BCUT2D eigenvalue weighted by Gasteiger charge is -2.15. The molecule has 1 aliphatic rings. The molecule has 1 fully saturated rings. The van der Waals surface area contributed by atoms with Gasteiger partial charge < -0.3 is 20.5 Å². The minimum Gasteiger partial charge on any atom is -0.405 e. The summed E-state index contributed by atoms with van der Waals surface area (Å²) in [5, 5.41) is 2.58. The number of hydrogen-bond acceptors (Lipinski definition) is 4. The van der Waals surface area contributed by atoms with E-state index < -0.39 is 12.3 Å². The molecule has 1 aromatic rings. The number of ether oxygens (including phenoxy) is 2. The molecule has 0 aliphatic carbocycles. The first-order chi connectivity index (χ1) is 9.76. The van der Waals surface area contributed by atoms with Gasteiger partial charge in [0, 0.05) is 11.7 Å². The van der Waals surface area contributed by atoms with Gasteiger partial charge in [-0.25, -0.2) is 0 Å². The molecule has 1 amide bonds. The molecule has 2 atom stereocenters. The topological polar surface area (TPSA) is 73.6 Å². The van der Waals surface area contributed by atoms with Crippen LogP contribution in [0.4, 0.5) is 18.9 Å². The lowest BCUT2D eigenvalue weighted by molar-refractivity contribution is -0.274. The van der Waals surface area contributed by atoms with Crippen molar-refractivity contribution in [1.82, 2.24) is 0 Å². The van der Waals surface area contributed by atoms with Crippen molar-refractivity contribution in [2.24, 2.45) is 11.7 Å². The Kier molecular flexibility index (Phi) is 4.74. The molecule has 9 heteroatoms. The molecule has 2 rings (SSSR count). The van der Waals surface area contributed by atoms with Gasteiger partial charge >= 0.3 is 6.36 Å². The molecule has 0 aromatic heterocycles. The van der Waals surface area contributed by atoms with Gasteiger partial charge in [0.15, 0.2) is 0 Å². The van der Waals surface area contributed by atoms with E-state index in [4.69, 9.17) is 10.5 Å². The average molecular weight is 369 g/mol. The van der Waals surface area contributed by atoms with Crippen LogP contribution in [-0.2, 0) is 9.53 Å². The smallest absolute Gasteiger partial charge is 0.405 e. The van der Waals surface area contributed by atoms with Gasteiger partial charge in [-0.3, -0.25) is 4.79 Å². The fourth-order valence-electron chi connectivity index (χ4n) is 1.86. The number of hydrogen-bond donors (Lipinski definition) is 2. The lowest BCUT2D eigenvalue weighted by atomic mass is 10.0. The van der Waals surface area contributed by atoms with Crippen LogP contribution in [0.15, 0.2) is 22.7 Å². The fraction of sp³-hybridized carbons (Fsp3) is 0.417. The Balaban J connectivity index is 2.05. The summed E-state index contributed by atoms with van der Waals surface area (Å²) in [5.74, 6) is -1.20. The number of benzene rings is 1. The van der Waals surface area contributed by atoms with Gasteiger partial charge in [-0.15, -0.1) is 13.2 Å². The number of anilines is 1. The predicted octanol–water partition coefficient (Wildman–Crippen LogP) is 2.26. The molecule has 0 radical (unpaired) electrons. The summed E-state index contributed by atoms with van der Waals surface area (Å²) in [6.45, 7) is 0.531. The maximum absolute atomic E-state index is 12.1. The van der Waals surface area contributed by atoms with E-state index in [1.54, 1.807) is 0 Å². The zero-order chi connectivity index (χ0) is 15.6. The van der Waals surface area contributed by atoms with Crippen LogP contribution in [0.2, 0.25) is 0 Å². The Labute approximate surface area is 126 Å². The minimum atomic E-state index is -4.78. The largest absolute Gasteiger partial charge is 0.573 e. The van der Waals surface area contributed by atoms with E-state index in [0.717, 1.165) is 6.07 Å². The van der Waals surface area contributed by atoms with Gasteiger partial charge in [0.25, 0.3) is 0 Å². The highest BCUT2D eigenvalue weighted by Crippen LogP contribution is 2.32. The van der Waals surface area contributed by atoms with E-state index in [9.17, 15) is 18.0 Å². The number of nitrogens with one attached hydrogen (secondary N) is 1. The number of carbonyl (C=O) groups excluding carboxylic acids is 1. The van der Waals surface area contributed by atoms with Crippen molar-refractivity contribution in [2.45, 2.75) is 12.4 Å². The van der Waals surface area contributed by atoms with Crippen LogP contribution in [0.5, 0.6) is 5.75 Å². The summed E-state index contributed by atoms with van der Waals surface area (Å²) in [7, 11) is 0. The number of alkyl halides is 3. The second kappa shape index (κ2) is 6.20. The Morgan fingerprint density at radius 2 is 2.14 bits per heavy atom. The van der Waals surface area contributed by atoms with Gasteiger partial charge in [0.2, 0.25) is 5.91 Å². The zero-order valence-corrected chi connectivity index (χ0v) is 12.2. The molecule has 2 unspecified atom stereocenters. The van der Waals surface area contributed by atoms with Crippen molar-refractivity contribution in [3.05, 3.63) is 22.7 Å². The van der Waals surface area contributed by atoms with E-state index in [1.165, 1.54) is 12.1 Å². The highest BCUT2D eigenvalue weighted by molar-refractivity contribution is 9.10. The highest BCUT2D eigenvalue weighted by Gasteiger charge is 2.33.